The van der Waals surface area contributed by atoms with Gasteiger partial charge in [0.15, 0.2) is 0 Å². The maximum Gasteiger partial charge on any atom is 0.409 e. The van der Waals surface area contributed by atoms with E-state index in [0.717, 1.165) is 6.07 Å². The van der Waals surface area contributed by atoms with Crippen molar-refractivity contribution in [1.82, 2.24) is 14.3 Å². The van der Waals surface area contributed by atoms with Crippen molar-refractivity contribution in [3.05, 3.63) is 58.6 Å². The molecule has 4 rings (SSSR count). The number of ether oxygens (including phenoxy) is 3. The molecule has 0 bridgehead atoms. The fourth-order valence-corrected chi connectivity index (χ4v) is 3.94. The van der Waals surface area contributed by atoms with Crippen LogP contribution >= 0.6 is 11.6 Å². The van der Waals surface area contributed by atoms with E-state index in [1.165, 1.54) is 26.4 Å². The van der Waals surface area contributed by atoms with Crippen LogP contribution in [-0.4, -0.2) is 66.4 Å². The summed E-state index contributed by atoms with van der Waals surface area (Å²) in [5.74, 6) is -1.24. The number of aromatic nitrogens is 2. The Bertz CT molecular complexity index is 1180. The number of halogens is 2. The van der Waals surface area contributed by atoms with Gasteiger partial charge in [-0.3, -0.25) is 0 Å². The number of esters is 1. The van der Waals surface area contributed by atoms with E-state index in [2.05, 4.69) is 9.72 Å². The molecule has 1 aliphatic rings. The molecule has 0 N–H and O–H groups in total. The van der Waals surface area contributed by atoms with Gasteiger partial charge in [0.05, 0.1) is 50.4 Å². The van der Waals surface area contributed by atoms with E-state index < -0.39 is 17.9 Å². The molecular formula is C22H21ClFN3O5. The number of hydrogen-bond acceptors (Lipinski definition) is 6. The summed E-state index contributed by atoms with van der Waals surface area (Å²) in [4.78, 5) is 29.9. The molecule has 1 aliphatic heterocycles. The second kappa shape index (κ2) is 9.13. The van der Waals surface area contributed by atoms with Crippen LogP contribution in [0.5, 0.6) is 0 Å². The van der Waals surface area contributed by atoms with Gasteiger partial charge in [0, 0.05) is 35.8 Å². The van der Waals surface area contributed by atoms with Crippen LogP contribution in [0.4, 0.5) is 9.18 Å². The highest BCUT2D eigenvalue weighted by Crippen LogP contribution is 2.30. The van der Waals surface area contributed by atoms with E-state index in [4.69, 9.17) is 21.1 Å². The Kier molecular flexibility index (Phi) is 6.29. The fraction of sp³-hybridized carbons (Fsp3) is 0.318. The van der Waals surface area contributed by atoms with Crippen LogP contribution in [0.25, 0.3) is 16.9 Å². The van der Waals surface area contributed by atoms with Crippen molar-refractivity contribution in [1.29, 1.82) is 0 Å². The number of benzene rings is 1. The van der Waals surface area contributed by atoms with E-state index in [0.29, 0.717) is 48.2 Å². The first-order valence-electron chi connectivity index (χ1n) is 9.90. The normalized spacial score (nSPS) is 16.2. The highest BCUT2D eigenvalue weighted by atomic mass is 35.5. The fourth-order valence-electron chi connectivity index (χ4n) is 3.79. The molecule has 0 saturated carbocycles. The molecule has 0 radical (unpaired) electrons. The lowest BCUT2D eigenvalue weighted by atomic mass is 10.0. The van der Waals surface area contributed by atoms with E-state index >= 15 is 4.39 Å². The summed E-state index contributed by atoms with van der Waals surface area (Å²) >= 11 is 6.13. The molecule has 1 atom stereocenters. The summed E-state index contributed by atoms with van der Waals surface area (Å²) in [6.07, 6.45) is 1.36. The number of methoxy groups -OCH3 is 2. The number of carbonyl (C=O) groups excluding carboxylic acids is 2. The Hall–Kier alpha value is -3.17. The summed E-state index contributed by atoms with van der Waals surface area (Å²) in [6, 6.07) is 7.50. The largest absolute Gasteiger partial charge is 0.465 e. The van der Waals surface area contributed by atoms with Crippen molar-refractivity contribution in [3.63, 3.8) is 0 Å². The SMILES string of the molecule is COC(=O)c1ccc(-c2nc3cc(Cl)ccn3c2C[C@H]2CN(C(=O)OC)CCO2)c(F)c1. The van der Waals surface area contributed by atoms with Crippen molar-refractivity contribution in [2.24, 2.45) is 0 Å². The van der Waals surface area contributed by atoms with Crippen LogP contribution in [-0.2, 0) is 20.6 Å². The highest BCUT2D eigenvalue weighted by molar-refractivity contribution is 6.30. The third-order valence-corrected chi connectivity index (χ3v) is 5.56. The Labute approximate surface area is 188 Å². The predicted octanol–water partition coefficient (Wildman–Crippen LogP) is 3.59. The molecule has 3 heterocycles. The van der Waals surface area contributed by atoms with Gasteiger partial charge in [0.2, 0.25) is 0 Å². The second-order valence-corrected chi connectivity index (χ2v) is 7.72. The molecule has 1 amide bonds. The smallest absolute Gasteiger partial charge is 0.409 e. The van der Waals surface area contributed by atoms with Gasteiger partial charge in [0.1, 0.15) is 11.5 Å². The minimum Gasteiger partial charge on any atom is -0.465 e. The molecule has 1 aromatic carbocycles. The Balaban J connectivity index is 1.74. The zero-order valence-electron chi connectivity index (χ0n) is 17.5. The number of amides is 1. The molecule has 0 aliphatic carbocycles. The molecule has 168 valence electrons. The van der Waals surface area contributed by atoms with E-state index in [9.17, 15) is 9.59 Å². The number of fused-ring (bicyclic) bond motifs is 1. The first-order valence-corrected chi connectivity index (χ1v) is 10.3. The van der Waals surface area contributed by atoms with Crippen LogP contribution in [0.3, 0.4) is 0 Å². The quantitative estimate of drug-likeness (QED) is 0.552. The number of pyridine rings is 1. The maximum absolute atomic E-state index is 15.0. The standard InChI is InChI=1S/C22H21ClFN3O5/c1-30-21(28)13-3-4-16(17(24)9-13)20-18(27-6-5-14(23)10-19(27)25-20)11-15-12-26(7-8-32-15)22(29)31-2/h3-6,9-10,15H,7-8,11-12H2,1-2H3/t15-/m0/s1. The lowest BCUT2D eigenvalue weighted by molar-refractivity contribution is -0.0241. The second-order valence-electron chi connectivity index (χ2n) is 7.28. The zero-order chi connectivity index (χ0) is 22.8. The average molecular weight is 462 g/mol. The molecule has 1 saturated heterocycles. The Morgan fingerprint density at radius 1 is 1.25 bits per heavy atom. The minimum atomic E-state index is -0.629. The van der Waals surface area contributed by atoms with Gasteiger partial charge < -0.3 is 23.5 Å². The van der Waals surface area contributed by atoms with Crippen molar-refractivity contribution in [3.8, 4) is 11.3 Å². The van der Waals surface area contributed by atoms with Crippen molar-refractivity contribution in [2.75, 3.05) is 33.9 Å². The lowest BCUT2D eigenvalue weighted by Crippen LogP contribution is -2.46. The summed E-state index contributed by atoms with van der Waals surface area (Å²) in [5, 5.41) is 0.493. The van der Waals surface area contributed by atoms with Crippen LogP contribution in [0.1, 0.15) is 16.1 Å². The summed E-state index contributed by atoms with van der Waals surface area (Å²) in [7, 11) is 2.57. The topological polar surface area (TPSA) is 82.4 Å². The molecule has 10 heteroatoms. The first-order chi connectivity index (χ1) is 15.4. The molecule has 1 fully saturated rings. The number of morpholine rings is 1. The van der Waals surface area contributed by atoms with Gasteiger partial charge in [-0.2, -0.15) is 0 Å². The van der Waals surface area contributed by atoms with Crippen molar-refractivity contribution < 1.29 is 28.2 Å². The Morgan fingerprint density at radius 2 is 2.06 bits per heavy atom. The molecule has 8 nitrogen and oxygen atoms in total. The van der Waals surface area contributed by atoms with Gasteiger partial charge in [-0.25, -0.2) is 19.0 Å². The van der Waals surface area contributed by atoms with Gasteiger partial charge in [0.25, 0.3) is 0 Å². The summed E-state index contributed by atoms with van der Waals surface area (Å²) < 4.78 is 32.2. The number of imidazole rings is 1. The molecule has 0 spiro atoms. The molecule has 3 aromatic rings. The average Bonchev–Trinajstić information content (AvgIpc) is 3.14. The number of rotatable bonds is 4. The van der Waals surface area contributed by atoms with Gasteiger partial charge in [-0.15, -0.1) is 0 Å². The van der Waals surface area contributed by atoms with E-state index in [-0.39, 0.29) is 17.2 Å². The van der Waals surface area contributed by atoms with Gasteiger partial charge in [-0.05, 0) is 24.3 Å². The number of nitrogens with zero attached hydrogens (tertiary/aromatic N) is 3. The van der Waals surface area contributed by atoms with Gasteiger partial charge in [-0.1, -0.05) is 11.6 Å². The zero-order valence-corrected chi connectivity index (χ0v) is 18.3. The lowest BCUT2D eigenvalue weighted by Gasteiger charge is -2.32. The maximum atomic E-state index is 15.0. The minimum absolute atomic E-state index is 0.103. The van der Waals surface area contributed by atoms with Crippen molar-refractivity contribution >= 4 is 29.3 Å². The summed E-state index contributed by atoms with van der Waals surface area (Å²) in [6.45, 7) is 1.12. The molecule has 32 heavy (non-hydrogen) atoms. The summed E-state index contributed by atoms with van der Waals surface area (Å²) in [5.41, 5.74) is 1.97. The van der Waals surface area contributed by atoms with Crippen LogP contribution in [0, 0.1) is 5.82 Å². The third-order valence-electron chi connectivity index (χ3n) is 5.33. The third kappa shape index (κ3) is 4.26. The Morgan fingerprint density at radius 3 is 2.78 bits per heavy atom. The molecular weight excluding hydrogens is 441 g/mol. The van der Waals surface area contributed by atoms with Crippen LogP contribution in [0.15, 0.2) is 36.5 Å². The van der Waals surface area contributed by atoms with Crippen LogP contribution in [0.2, 0.25) is 5.02 Å². The van der Waals surface area contributed by atoms with E-state index in [1.807, 2.05) is 4.40 Å². The molecule has 2 aromatic heterocycles. The number of carbonyl (C=O) groups is 2. The first kappa shape index (κ1) is 22.0. The van der Waals surface area contributed by atoms with Gasteiger partial charge >= 0.3 is 12.1 Å². The number of hydrogen-bond donors (Lipinski definition) is 0. The van der Waals surface area contributed by atoms with Crippen molar-refractivity contribution in [2.45, 2.75) is 12.5 Å². The van der Waals surface area contributed by atoms with E-state index in [1.54, 1.807) is 23.2 Å². The molecule has 0 unspecified atom stereocenters. The monoisotopic (exact) mass is 461 g/mol. The van der Waals surface area contributed by atoms with Crippen LogP contribution < -0.4 is 0 Å². The highest BCUT2D eigenvalue weighted by Gasteiger charge is 2.28. The predicted molar refractivity (Wildman–Crippen MR) is 114 cm³/mol.